The van der Waals surface area contributed by atoms with E-state index in [1.165, 1.54) is 19.2 Å². The molecular formula is C15H14ClNO4S. The van der Waals surface area contributed by atoms with E-state index in [2.05, 4.69) is 0 Å². The summed E-state index contributed by atoms with van der Waals surface area (Å²) < 4.78 is 31.7. The Morgan fingerprint density at radius 3 is 2.27 bits per heavy atom. The van der Waals surface area contributed by atoms with Crippen molar-refractivity contribution in [1.82, 2.24) is 0 Å². The number of rotatable bonds is 6. The molecule has 0 saturated carbocycles. The van der Waals surface area contributed by atoms with Gasteiger partial charge in [0.05, 0.1) is 17.7 Å². The van der Waals surface area contributed by atoms with Gasteiger partial charge in [-0.2, -0.15) is 0 Å². The minimum atomic E-state index is -3.93. The van der Waals surface area contributed by atoms with Crippen LogP contribution in [0, 0.1) is 0 Å². The lowest BCUT2D eigenvalue weighted by Gasteiger charge is -2.24. The van der Waals surface area contributed by atoms with E-state index in [9.17, 15) is 13.2 Å². The van der Waals surface area contributed by atoms with E-state index in [4.69, 9.17) is 16.3 Å². The molecule has 0 bridgehead atoms. The third kappa shape index (κ3) is 3.40. The van der Waals surface area contributed by atoms with Gasteiger partial charge in [-0.15, -0.1) is 0 Å². The molecule has 116 valence electrons. The number of sulfonamides is 1. The van der Waals surface area contributed by atoms with Crippen LogP contribution in [-0.2, 0) is 14.8 Å². The summed E-state index contributed by atoms with van der Waals surface area (Å²) in [6.07, 6.45) is 0. The van der Waals surface area contributed by atoms with E-state index in [-0.39, 0.29) is 10.6 Å². The molecule has 5 nitrogen and oxygen atoms in total. The average Bonchev–Trinajstić information content (AvgIpc) is 2.53. The van der Waals surface area contributed by atoms with Crippen LogP contribution >= 0.6 is 11.6 Å². The number of carbonyl (C=O) groups excluding carboxylic acids is 1. The molecule has 0 heterocycles. The summed E-state index contributed by atoms with van der Waals surface area (Å²) in [4.78, 5) is 11.4. The number of anilines is 1. The summed E-state index contributed by atoms with van der Waals surface area (Å²) in [5, 5.41) is -0.787. The van der Waals surface area contributed by atoms with Crippen molar-refractivity contribution >= 4 is 32.6 Å². The number of para-hydroxylation sites is 2. The average molecular weight is 340 g/mol. The Balaban J connectivity index is 2.58. The predicted molar refractivity (Wildman–Crippen MR) is 84.8 cm³/mol. The Hall–Kier alpha value is -2.05. The molecule has 0 unspecified atom stereocenters. The van der Waals surface area contributed by atoms with E-state index in [0.29, 0.717) is 5.75 Å². The Bertz CT molecular complexity index is 762. The number of halogens is 1. The van der Waals surface area contributed by atoms with Crippen LogP contribution in [0.4, 0.5) is 5.69 Å². The van der Waals surface area contributed by atoms with Gasteiger partial charge in [0, 0.05) is 0 Å². The maximum Gasteiger partial charge on any atom is 0.264 e. The van der Waals surface area contributed by atoms with Crippen LogP contribution in [0.5, 0.6) is 5.75 Å². The molecule has 0 atom stereocenters. The molecule has 7 heteroatoms. The Labute approximate surface area is 134 Å². The van der Waals surface area contributed by atoms with Gasteiger partial charge in [0.25, 0.3) is 10.0 Å². The molecule has 0 amide bonds. The molecule has 2 rings (SSSR count). The predicted octanol–water partition coefficient (Wildman–Crippen LogP) is 2.66. The molecule has 22 heavy (non-hydrogen) atoms. The molecule has 0 aliphatic rings. The molecule has 0 aliphatic heterocycles. The highest BCUT2D eigenvalue weighted by molar-refractivity contribution is 7.92. The van der Waals surface area contributed by atoms with Crippen LogP contribution in [-0.4, -0.2) is 27.3 Å². The molecule has 2 aromatic rings. The van der Waals surface area contributed by atoms with Gasteiger partial charge in [-0.05, 0) is 35.9 Å². The zero-order valence-corrected chi connectivity index (χ0v) is 13.3. The van der Waals surface area contributed by atoms with Crippen molar-refractivity contribution in [1.29, 1.82) is 0 Å². The minimum Gasteiger partial charge on any atom is -0.495 e. The van der Waals surface area contributed by atoms with Gasteiger partial charge in [-0.1, -0.05) is 30.3 Å². The molecule has 2 aromatic carbocycles. The first-order valence-corrected chi connectivity index (χ1v) is 8.17. The van der Waals surface area contributed by atoms with E-state index in [1.807, 2.05) is 0 Å². The zero-order chi connectivity index (χ0) is 16.2. The lowest BCUT2D eigenvalue weighted by molar-refractivity contribution is -0.110. The smallest absolute Gasteiger partial charge is 0.264 e. The van der Waals surface area contributed by atoms with Crippen LogP contribution in [0.1, 0.15) is 0 Å². The number of nitrogens with zero attached hydrogens (tertiary/aromatic N) is 1. The molecule has 0 radical (unpaired) electrons. The highest BCUT2D eigenvalue weighted by atomic mass is 35.5. The monoisotopic (exact) mass is 339 g/mol. The fraction of sp³-hybridized carbons (Fsp3) is 0.133. The van der Waals surface area contributed by atoms with Crippen LogP contribution in [0.2, 0.25) is 0 Å². The van der Waals surface area contributed by atoms with Crippen molar-refractivity contribution in [2.75, 3.05) is 18.0 Å². The molecule has 0 saturated heterocycles. The first-order chi connectivity index (χ1) is 10.5. The second-order valence-electron chi connectivity index (χ2n) is 4.35. The Kier molecular flexibility index (Phi) is 5.05. The molecule has 0 spiro atoms. The first kappa shape index (κ1) is 16.3. The first-order valence-electron chi connectivity index (χ1n) is 6.36. The van der Waals surface area contributed by atoms with E-state index >= 15 is 0 Å². The van der Waals surface area contributed by atoms with E-state index in [1.54, 1.807) is 42.5 Å². The van der Waals surface area contributed by atoms with Crippen molar-refractivity contribution in [2.24, 2.45) is 0 Å². The van der Waals surface area contributed by atoms with Gasteiger partial charge in [0.15, 0.2) is 0 Å². The summed E-state index contributed by atoms with van der Waals surface area (Å²) in [5.74, 6) is 0.333. The van der Waals surface area contributed by atoms with Gasteiger partial charge in [0.1, 0.15) is 12.3 Å². The summed E-state index contributed by atoms with van der Waals surface area (Å²) >= 11 is 5.43. The third-order valence-corrected chi connectivity index (χ3v) is 4.85. The lowest BCUT2D eigenvalue weighted by Crippen LogP contribution is -2.34. The fourth-order valence-electron chi connectivity index (χ4n) is 1.97. The van der Waals surface area contributed by atoms with E-state index in [0.717, 1.165) is 4.31 Å². The number of hydrogen-bond acceptors (Lipinski definition) is 4. The van der Waals surface area contributed by atoms with Crippen LogP contribution in [0.15, 0.2) is 59.5 Å². The van der Waals surface area contributed by atoms with Crippen molar-refractivity contribution in [3.8, 4) is 5.75 Å². The number of benzene rings is 2. The second kappa shape index (κ2) is 6.81. The quantitative estimate of drug-likeness (QED) is 0.759. The van der Waals surface area contributed by atoms with Gasteiger partial charge in [-0.3, -0.25) is 9.10 Å². The summed E-state index contributed by atoms with van der Waals surface area (Å²) in [5.41, 5.74) is 0.253. The van der Waals surface area contributed by atoms with Crippen molar-refractivity contribution in [3.05, 3.63) is 54.6 Å². The summed E-state index contributed by atoms with van der Waals surface area (Å²) in [6.45, 7) is -0.487. The second-order valence-corrected chi connectivity index (χ2v) is 6.64. The maximum atomic E-state index is 12.8. The minimum absolute atomic E-state index is 0.0684. The standard InChI is InChI=1S/C15H14ClNO4S/c1-21-14-10-6-5-9-13(14)17(11-15(16)18)22(19,20)12-7-3-2-4-8-12/h2-10H,11H2,1H3. The largest absolute Gasteiger partial charge is 0.495 e. The third-order valence-electron chi connectivity index (χ3n) is 2.95. The highest BCUT2D eigenvalue weighted by Crippen LogP contribution is 2.32. The highest BCUT2D eigenvalue weighted by Gasteiger charge is 2.28. The van der Waals surface area contributed by atoms with Crippen molar-refractivity contribution < 1.29 is 17.9 Å². The zero-order valence-electron chi connectivity index (χ0n) is 11.8. The lowest BCUT2D eigenvalue weighted by atomic mass is 10.3. The normalized spacial score (nSPS) is 11.0. The number of hydrogen-bond donors (Lipinski definition) is 0. The summed E-state index contributed by atoms with van der Waals surface area (Å²) in [6, 6.07) is 14.4. The topological polar surface area (TPSA) is 63.7 Å². The van der Waals surface area contributed by atoms with Crippen LogP contribution in [0.25, 0.3) is 0 Å². The SMILES string of the molecule is COc1ccccc1N(CC(=O)Cl)S(=O)(=O)c1ccccc1. The van der Waals surface area contributed by atoms with Crippen LogP contribution < -0.4 is 9.04 Å². The van der Waals surface area contributed by atoms with Crippen LogP contribution in [0.3, 0.4) is 0 Å². The van der Waals surface area contributed by atoms with E-state index < -0.39 is 21.8 Å². The number of methoxy groups -OCH3 is 1. The maximum absolute atomic E-state index is 12.8. The van der Waals surface area contributed by atoms with Gasteiger partial charge in [-0.25, -0.2) is 8.42 Å². The molecule has 0 N–H and O–H groups in total. The number of carbonyl (C=O) groups is 1. The van der Waals surface area contributed by atoms with Gasteiger partial charge >= 0.3 is 0 Å². The fourth-order valence-corrected chi connectivity index (χ4v) is 3.61. The Morgan fingerprint density at radius 1 is 1.09 bits per heavy atom. The molecule has 0 aromatic heterocycles. The number of ether oxygens (including phenoxy) is 1. The van der Waals surface area contributed by atoms with Crippen molar-refractivity contribution in [3.63, 3.8) is 0 Å². The van der Waals surface area contributed by atoms with Gasteiger partial charge < -0.3 is 4.74 Å². The molecule has 0 fully saturated rings. The summed E-state index contributed by atoms with van der Waals surface area (Å²) in [7, 11) is -2.51. The Morgan fingerprint density at radius 2 is 1.68 bits per heavy atom. The van der Waals surface area contributed by atoms with Crippen molar-refractivity contribution in [2.45, 2.75) is 4.90 Å². The van der Waals surface area contributed by atoms with Gasteiger partial charge in [0.2, 0.25) is 5.24 Å². The molecule has 0 aliphatic carbocycles. The molecular weight excluding hydrogens is 326 g/mol.